The summed E-state index contributed by atoms with van der Waals surface area (Å²) in [5.41, 5.74) is 0. The number of carbonyl (C=O) groups is 2. The van der Waals surface area contributed by atoms with E-state index in [2.05, 4.69) is 21.2 Å². The van der Waals surface area contributed by atoms with Crippen molar-refractivity contribution in [2.45, 2.75) is 42.4 Å². The molecule has 6 heteroatoms. The summed E-state index contributed by atoms with van der Waals surface area (Å²) in [6.45, 7) is 1.84. The molecule has 4 nitrogen and oxygen atoms in total. The van der Waals surface area contributed by atoms with Gasteiger partial charge in [0.05, 0.1) is 11.2 Å². The summed E-state index contributed by atoms with van der Waals surface area (Å²) in [5.74, 6) is -1.36. The Balaban J connectivity index is 1.90. The van der Waals surface area contributed by atoms with Gasteiger partial charge in [-0.3, -0.25) is 9.59 Å². The molecule has 0 aliphatic heterocycles. The standard InChI is InChI=1S/C15H18BrNO3S/c1-9(21-11-7-5-10(16)6-8-11)14(18)17-13-4-2-3-12(13)15(19)20/h5-9,12-13H,2-4H2,1H3,(H,17,18)(H,19,20)/t9?,12-,13+/m0/s1. The van der Waals surface area contributed by atoms with Gasteiger partial charge in [-0.15, -0.1) is 11.8 Å². The number of benzene rings is 1. The summed E-state index contributed by atoms with van der Waals surface area (Å²) < 4.78 is 0.999. The van der Waals surface area contributed by atoms with Crippen LogP contribution in [-0.4, -0.2) is 28.3 Å². The molecule has 2 N–H and O–H groups in total. The molecule has 1 aliphatic rings. The summed E-state index contributed by atoms with van der Waals surface area (Å²) >= 11 is 4.85. The molecular weight excluding hydrogens is 354 g/mol. The second-order valence-corrected chi connectivity index (χ2v) is 7.53. The zero-order valence-corrected chi connectivity index (χ0v) is 14.1. The van der Waals surface area contributed by atoms with Crippen LogP contribution in [0.2, 0.25) is 0 Å². The quantitative estimate of drug-likeness (QED) is 0.779. The maximum absolute atomic E-state index is 12.2. The van der Waals surface area contributed by atoms with Gasteiger partial charge in [0.25, 0.3) is 0 Å². The van der Waals surface area contributed by atoms with Crippen molar-refractivity contribution in [3.05, 3.63) is 28.7 Å². The first-order valence-corrected chi connectivity index (χ1v) is 8.60. The Morgan fingerprint density at radius 1 is 1.33 bits per heavy atom. The first-order chi connectivity index (χ1) is 9.97. The monoisotopic (exact) mass is 371 g/mol. The largest absolute Gasteiger partial charge is 0.481 e. The van der Waals surface area contributed by atoms with E-state index >= 15 is 0 Å². The summed E-state index contributed by atoms with van der Waals surface area (Å²) in [6, 6.07) is 7.54. The fourth-order valence-corrected chi connectivity index (χ4v) is 3.64. The van der Waals surface area contributed by atoms with Crippen LogP contribution in [0.15, 0.2) is 33.6 Å². The summed E-state index contributed by atoms with van der Waals surface area (Å²) in [7, 11) is 0. The van der Waals surface area contributed by atoms with E-state index in [0.29, 0.717) is 6.42 Å². The van der Waals surface area contributed by atoms with E-state index in [4.69, 9.17) is 5.11 Å². The van der Waals surface area contributed by atoms with E-state index in [1.54, 1.807) is 0 Å². The molecule has 0 heterocycles. The van der Waals surface area contributed by atoms with Crippen molar-refractivity contribution in [3.63, 3.8) is 0 Å². The molecule has 1 fully saturated rings. The molecular formula is C15H18BrNO3S. The van der Waals surface area contributed by atoms with Gasteiger partial charge in [-0.05, 0) is 44.0 Å². The van der Waals surface area contributed by atoms with E-state index in [1.165, 1.54) is 11.8 Å². The van der Waals surface area contributed by atoms with Gasteiger partial charge in [0, 0.05) is 15.4 Å². The van der Waals surface area contributed by atoms with Crippen LogP contribution in [0.3, 0.4) is 0 Å². The Kier molecular flexibility index (Phi) is 5.70. The van der Waals surface area contributed by atoms with Crippen LogP contribution < -0.4 is 5.32 Å². The van der Waals surface area contributed by atoms with Gasteiger partial charge in [-0.1, -0.05) is 22.4 Å². The number of carboxylic acids is 1. The van der Waals surface area contributed by atoms with Crippen molar-refractivity contribution < 1.29 is 14.7 Å². The number of thioether (sulfide) groups is 1. The van der Waals surface area contributed by atoms with Crippen LogP contribution in [-0.2, 0) is 9.59 Å². The lowest BCUT2D eigenvalue weighted by Gasteiger charge is -2.20. The van der Waals surface area contributed by atoms with Gasteiger partial charge in [-0.25, -0.2) is 0 Å². The summed E-state index contributed by atoms with van der Waals surface area (Å²) in [4.78, 5) is 24.3. The molecule has 3 atom stereocenters. The molecule has 0 spiro atoms. The molecule has 2 rings (SSSR count). The molecule has 1 amide bonds. The first-order valence-electron chi connectivity index (χ1n) is 6.93. The molecule has 1 aromatic carbocycles. The second kappa shape index (κ2) is 7.31. The van der Waals surface area contributed by atoms with E-state index in [1.807, 2.05) is 31.2 Å². The Labute approximate surface area is 136 Å². The number of carboxylic acid groups (broad SMARTS) is 1. The van der Waals surface area contributed by atoms with E-state index in [0.717, 1.165) is 22.2 Å². The van der Waals surface area contributed by atoms with Crippen molar-refractivity contribution in [2.75, 3.05) is 0 Å². The topological polar surface area (TPSA) is 66.4 Å². The molecule has 1 aromatic rings. The van der Waals surface area contributed by atoms with Crippen LogP contribution in [0.25, 0.3) is 0 Å². The van der Waals surface area contributed by atoms with Crippen LogP contribution >= 0.6 is 27.7 Å². The lowest BCUT2D eigenvalue weighted by atomic mass is 10.0. The van der Waals surface area contributed by atoms with Crippen molar-refractivity contribution >= 4 is 39.6 Å². The number of halogens is 1. The molecule has 0 saturated heterocycles. The Morgan fingerprint density at radius 2 is 2.00 bits per heavy atom. The molecule has 21 heavy (non-hydrogen) atoms. The molecule has 0 aromatic heterocycles. The minimum absolute atomic E-state index is 0.0962. The number of hydrogen-bond acceptors (Lipinski definition) is 3. The van der Waals surface area contributed by atoms with E-state index in [9.17, 15) is 9.59 Å². The zero-order valence-electron chi connectivity index (χ0n) is 11.7. The number of rotatable bonds is 5. The summed E-state index contributed by atoms with van der Waals surface area (Å²) in [6.07, 6.45) is 2.25. The fraction of sp³-hybridized carbons (Fsp3) is 0.467. The zero-order chi connectivity index (χ0) is 15.4. The van der Waals surface area contributed by atoms with Gasteiger partial charge in [0.1, 0.15) is 0 Å². The lowest BCUT2D eigenvalue weighted by molar-refractivity contribution is -0.142. The van der Waals surface area contributed by atoms with Crippen molar-refractivity contribution in [2.24, 2.45) is 5.92 Å². The van der Waals surface area contributed by atoms with Crippen LogP contribution in [0.1, 0.15) is 26.2 Å². The van der Waals surface area contributed by atoms with Gasteiger partial charge in [0.2, 0.25) is 5.91 Å². The molecule has 0 radical (unpaired) electrons. The minimum Gasteiger partial charge on any atom is -0.481 e. The number of carbonyl (C=O) groups excluding carboxylic acids is 1. The SMILES string of the molecule is CC(Sc1ccc(Br)cc1)C(=O)N[C@@H]1CCC[C@@H]1C(=O)O. The van der Waals surface area contributed by atoms with Crippen molar-refractivity contribution in [1.29, 1.82) is 0 Å². The normalized spacial score (nSPS) is 22.8. The van der Waals surface area contributed by atoms with Crippen molar-refractivity contribution in [1.82, 2.24) is 5.32 Å². The van der Waals surface area contributed by atoms with Gasteiger partial charge in [0.15, 0.2) is 0 Å². The number of nitrogens with one attached hydrogen (secondary N) is 1. The maximum Gasteiger partial charge on any atom is 0.308 e. The van der Waals surface area contributed by atoms with Crippen LogP contribution in [0.5, 0.6) is 0 Å². The van der Waals surface area contributed by atoms with Gasteiger partial charge >= 0.3 is 5.97 Å². The fourth-order valence-electron chi connectivity index (χ4n) is 2.50. The predicted molar refractivity (Wildman–Crippen MR) is 86.4 cm³/mol. The van der Waals surface area contributed by atoms with E-state index < -0.39 is 11.9 Å². The highest BCUT2D eigenvalue weighted by molar-refractivity contribution is 9.10. The average Bonchev–Trinajstić information content (AvgIpc) is 2.89. The molecule has 1 saturated carbocycles. The third-order valence-electron chi connectivity index (χ3n) is 3.66. The Morgan fingerprint density at radius 3 is 2.62 bits per heavy atom. The third-order valence-corrected chi connectivity index (χ3v) is 5.30. The Hall–Kier alpha value is -1.01. The highest BCUT2D eigenvalue weighted by Gasteiger charge is 2.34. The molecule has 114 valence electrons. The number of aliphatic carboxylic acids is 1. The number of amides is 1. The van der Waals surface area contributed by atoms with Crippen LogP contribution in [0.4, 0.5) is 0 Å². The predicted octanol–water partition coefficient (Wildman–Crippen LogP) is 3.30. The highest BCUT2D eigenvalue weighted by atomic mass is 79.9. The average molecular weight is 372 g/mol. The smallest absolute Gasteiger partial charge is 0.308 e. The second-order valence-electron chi connectivity index (χ2n) is 5.20. The number of hydrogen-bond donors (Lipinski definition) is 2. The van der Waals surface area contributed by atoms with Gasteiger partial charge in [-0.2, -0.15) is 0 Å². The van der Waals surface area contributed by atoms with Crippen LogP contribution in [0, 0.1) is 5.92 Å². The lowest BCUT2D eigenvalue weighted by Crippen LogP contribution is -2.43. The maximum atomic E-state index is 12.2. The van der Waals surface area contributed by atoms with Crippen molar-refractivity contribution in [3.8, 4) is 0 Å². The Bertz CT molecular complexity index is 520. The minimum atomic E-state index is -0.814. The first kappa shape index (κ1) is 16.4. The van der Waals surface area contributed by atoms with Gasteiger partial charge < -0.3 is 10.4 Å². The molecule has 1 unspecified atom stereocenters. The third kappa shape index (κ3) is 4.48. The molecule has 1 aliphatic carbocycles. The highest BCUT2D eigenvalue weighted by Crippen LogP contribution is 2.28. The molecule has 0 bridgehead atoms. The summed E-state index contributed by atoms with van der Waals surface area (Å²) in [5, 5.41) is 11.8. The van der Waals surface area contributed by atoms with E-state index in [-0.39, 0.29) is 17.2 Å².